The van der Waals surface area contributed by atoms with Gasteiger partial charge < -0.3 is 10.2 Å². The van der Waals surface area contributed by atoms with Gasteiger partial charge in [0.1, 0.15) is 11.5 Å². The minimum absolute atomic E-state index is 0.0160. The number of nitrogens with zero attached hydrogens (tertiary/aromatic N) is 1. The normalized spacial score (nSPS) is 14.5. The molecule has 26 heavy (non-hydrogen) atoms. The van der Waals surface area contributed by atoms with Gasteiger partial charge in [0.25, 0.3) is 5.91 Å². The van der Waals surface area contributed by atoms with Crippen molar-refractivity contribution in [3.05, 3.63) is 53.8 Å². The average Bonchev–Trinajstić information content (AvgIpc) is 3.10. The summed E-state index contributed by atoms with van der Waals surface area (Å²) in [5.41, 5.74) is -3.53. The molecule has 0 unspecified atom stereocenters. The molecule has 1 aliphatic heterocycles. The molecule has 138 valence electrons. The van der Waals surface area contributed by atoms with Crippen LogP contribution >= 0.6 is 11.8 Å². The van der Waals surface area contributed by atoms with Gasteiger partial charge in [-0.15, -0.1) is 0 Å². The number of thioether (sulfide) groups is 1. The van der Waals surface area contributed by atoms with Crippen LogP contribution < -0.4 is 10.2 Å². The molecule has 1 N–H and O–H groups in total. The molecular formula is C18H16F4N2OS. The predicted octanol–water partition coefficient (Wildman–Crippen LogP) is 5.29. The summed E-state index contributed by atoms with van der Waals surface area (Å²) in [4.78, 5) is 14.4. The summed E-state index contributed by atoms with van der Waals surface area (Å²) in [5, 5.41) is 2.56. The van der Waals surface area contributed by atoms with Gasteiger partial charge in [0.2, 0.25) is 0 Å². The van der Waals surface area contributed by atoms with E-state index in [1.165, 1.54) is 30.3 Å². The largest absolute Gasteiger partial charge is 0.446 e. The lowest BCUT2D eigenvalue weighted by atomic mass is 10.2. The van der Waals surface area contributed by atoms with Gasteiger partial charge in [0.15, 0.2) is 0 Å². The molecule has 0 spiro atoms. The van der Waals surface area contributed by atoms with E-state index in [1.54, 1.807) is 12.1 Å². The van der Waals surface area contributed by atoms with Crippen molar-refractivity contribution < 1.29 is 22.4 Å². The molecule has 0 saturated carbocycles. The Morgan fingerprint density at radius 3 is 2.31 bits per heavy atom. The lowest BCUT2D eigenvalue weighted by Gasteiger charge is -2.22. The molecule has 0 aliphatic carbocycles. The Morgan fingerprint density at radius 2 is 1.69 bits per heavy atom. The van der Waals surface area contributed by atoms with E-state index in [9.17, 15) is 22.4 Å². The van der Waals surface area contributed by atoms with Crippen LogP contribution in [0.4, 0.5) is 28.9 Å². The summed E-state index contributed by atoms with van der Waals surface area (Å²) in [6.07, 6.45) is 2.00. The lowest BCUT2D eigenvalue weighted by Crippen LogP contribution is -2.22. The number of alkyl halides is 3. The van der Waals surface area contributed by atoms with Crippen LogP contribution in [0.1, 0.15) is 23.2 Å². The number of halogens is 4. The van der Waals surface area contributed by atoms with Gasteiger partial charge in [0, 0.05) is 23.5 Å². The van der Waals surface area contributed by atoms with E-state index < -0.39 is 17.2 Å². The Labute approximate surface area is 152 Å². The molecule has 3 rings (SSSR count). The number of para-hydroxylation sites is 1. The van der Waals surface area contributed by atoms with Crippen molar-refractivity contribution in [2.45, 2.75) is 23.2 Å². The molecule has 0 radical (unpaired) electrons. The number of hydrogen-bond donors (Lipinski definition) is 1. The second kappa shape index (κ2) is 7.57. The maximum absolute atomic E-state index is 14.3. The molecule has 8 heteroatoms. The maximum atomic E-state index is 14.3. The summed E-state index contributed by atoms with van der Waals surface area (Å²) in [6, 6.07) is 9.61. The van der Waals surface area contributed by atoms with Crippen LogP contribution in [0.5, 0.6) is 0 Å². The minimum Gasteiger partial charge on any atom is -0.370 e. The smallest absolute Gasteiger partial charge is 0.370 e. The zero-order chi connectivity index (χ0) is 18.7. The molecule has 1 amide bonds. The van der Waals surface area contributed by atoms with E-state index in [4.69, 9.17) is 0 Å². The number of hydrogen-bond acceptors (Lipinski definition) is 3. The zero-order valence-electron chi connectivity index (χ0n) is 13.6. The van der Waals surface area contributed by atoms with Crippen molar-refractivity contribution in [1.82, 2.24) is 0 Å². The molecule has 1 heterocycles. The first kappa shape index (κ1) is 18.6. The Morgan fingerprint density at radius 1 is 1.04 bits per heavy atom. The van der Waals surface area contributed by atoms with Crippen LogP contribution in [0.3, 0.4) is 0 Å². The standard InChI is InChI=1S/C18H16F4N2OS/c19-14-4-3-5-15(24-10-1-2-11-24)16(14)23-17(25)12-6-8-13(9-7-12)26-18(20,21)22/h3-9H,1-2,10-11H2,(H,23,25). The van der Waals surface area contributed by atoms with Crippen molar-refractivity contribution in [1.29, 1.82) is 0 Å². The quantitative estimate of drug-likeness (QED) is 0.574. The fraction of sp³-hybridized carbons (Fsp3) is 0.278. The lowest BCUT2D eigenvalue weighted by molar-refractivity contribution is -0.0328. The van der Waals surface area contributed by atoms with Crippen LogP contribution in [0.15, 0.2) is 47.4 Å². The Bertz CT molecular complexity index is 787. The van der Waals surface area contributed by atoms with E-state index in [0.717, 1.165) is 25.9 Å². The molecule has 3 nitrogen and oxygen atoms in total. The predicted molar refractivity (Wildman–Crippen MR) is 94.2 cm³/mol. The summed E-state index contributed by atoms with van der Waals surface area (Å²) < 4.78 is 51.3. The fourth-order valence-electron chi connectivity index (χ4n) is 2.85. The molecule has 1 aliphatic rings. The van der Waals surface area contributed by atoms with E-state index in [2.05, 4.69) is 5.32 Å². The topological polar surface area (TPSA) is 32.3 Å². The van der Waals surface area contributed by atoms with Gasteiger partial charge in [-0.3, -0.25) is 4.79 Å². The van der Waals surface area contributed by atoms with Crippen LogP contribution in [-0.4, -0.2) is 24.5 Å². The molecule has 0 bridgehead atoms. The number of rotatable bonds is 4. The van der Waals surface area contributed by atoms with Gasteiger partial charge in [-0.25, -0.2) is 4.39 Å². The van der Waals surface area contributed by atoms with Crippen molar-refractivity contribution >= 4 is 29.0 Å². The van der Waals surface area contributed by atoms with E-state index >= 15 is 0 Å². The average molecular weight is 384 g/mol. The minimum atomic E-state index is -4.39. The number of carbonyl (C=O) groups is 1. The van der Waals surface area contributed by atoms with Gasteiger partial charge in [-0.2, -0.15) is 13.2 Å². The second-order valence-electron chi connectivity index (χ2n) is 5.85. The highest BCUT2D eigenvalue weighted by Crippen LogP contribution is 2.37. The number of benzene rings is 2. The molecule has 2 aromatic carbocycles. The fourth-order valence-corrected chi connectivity index (χ4v) is 3.39. The number of anilines is 2. The molecular weight excluding hydrogens is 368 g/mol. The third-order valence-corrected chi connectivity index (χ3v) is 4.77. The number of amides is 1. The molecule has 1 fully saturated rings. The molecule has 2 aromatic rings. The van der Waals surface area contributed by atoms with Gasteiger partial charge in [-0.1, -0.05) is 6.07 Å². The van der Waals surface area contributed by atoms with Crippen LogP contribution in [0, 0.1) is 5.82 Å². The summed E-state index contributed by atoms with van der Waals surface area (Å²) in [6.45, 7) is 1.57. The third kappa shape index (κ3) is 4.49. The first-order valence-corrected chi connectivity index (χ1v) is 8.86. The van der Waals surface area contributed by atoms with E-state index in [-0.39, 0.29) is 27.9 Å². The van der Waals surface area contributed by atoms with Crippen molar-refractivity contribution in [3.63, 3.8) is 0 Å². The van der Waals surface area contributed by atoms with Gasteiger partial charge in [-0.05, 0) is 61.0 Å². The molecule has 1 saturated heterocycles. The summed E-state index contributed by atoms with van der Waals surface area (Å²) in [5.74, 6) is -1.12. The van der Waals surface area contributed by atoms with Gasteiger partial charge in [0.05, 0.1) is 5.69 Å². The van der Waals surface area contributed by atoms with Crippen LogP contribution in [0.25, 0.3) is 0 Å². The van der Waals surface area contributed by atoms with Crippen LogP contribution in [0.2, 0.25) is 0 Å². The monoisotopic (exact) mass is 384 g/mol. The van der Waals surface area contributed by atoms with E-state index in [1.807, 2.05) is 4.90 Å². The Hall–Kier alpha value is -2.22. The van der Waals surface area contributed by atoms with Gasteiger partial charge >= 0.3 is 5.51 Å². The first-order valence-electron chi connectivity index (χ1n) is 8.04. The van der Waals surface area contributed by atoms with Crippen molar-refractivity contribution in [2.24, 2.45) is 0 Å². The number of nitrogens with one attached hydrogen (secondary N) is 1. The number of carbonyl (C=O) groups excluding carboxylic acids is 1. The SMILES string of the molecule is O=C(Nc1c(F)cccc1N1CCCC1)c1ccc(SC(F)(F)F)cc1. The zero-order valence-corrected chi connectivity index (χ0v) is 14.5. The van der Waals surface area contributed by atoms with Crippen LogP contribution in [-0.2, 0) is 0 Å². The van der Waals surface area contributed by atoms with Crippen molar-refractivity contribution in [3.8, 4) is 0 Å². The first-order chi connectivity index (χ1) is 12.3. The summed E-state index contributed by atoms with van der Waals surface area (Å²) in [7, 11) is 0. The Kier molecular flexibility index (Phi) is 5.41. The third-order valence-electron chi connectivity index (χ3n) is 4.03. The second-order valence-corrected chi connectivity index (χ2v) is 6.99. The molecule has 0 aromatic heterocycles. The highest BCUT2D eigenvalue weighted by atomic mass is 32.2. The summed E-state index contributed by atoms with van der Waals surface area (Å²) >= 11 is -0.252. The highest BCUT2D eigenvalue weighted by molar-refractivity contribution is 8.00. The molecule has 0 atom stereocenters. The Balaban J connectivity index is 1.78. The maximum Gasteiger partial charge on any atom is 0.446 e. The van der Waals surface area contributed by atoms with Crippen molar-refractivity contribution in [2.75, 3.05) is 23.3 Å². The van der Waals surface area contributed by atoms with E-state index in [0.29, 0.717) is 5.69 Å². The highest BCUT2D eigenvalue weighted by Gasteiger charge is 2.29.